The standard InChI is InChI=1S/C17H22FN3/c1-13-6-9-21(10-7-13)11-8-15-12-19-20-17(15)14-2-4-16(18)5-3-14/h2-5,12-13H,6-11H2,1H3,(H,19,20). The van der Waals surface area contributed by atoms with Crippen LogP contribution in [0.4, 0.5) is 4.39 Å². The van der Waals surface area contributed by atoms with Gasteiger partial charge in [-0.05, 0) is 68.1 Å². The van der Waals surface area contributed by atoms with Gasteiger partial charge in [0.2, 0.25) is 0 Å². The number of piperidine rings is 1. The number of benzene rings is 1. The second kappa shape index (κ2) is 6.39. The first-order valence-corrected chi connectivity index (χ1v) is 7.73. The first kappa shape index (κ1) is 14.3. The molecule has 0 aliphatic carbocycles. The van der Waals surface area contributed by atoms with Gasteiger partial charge in [0.1, 0.15) is 5.82 Å². The average Bonchev–Trinajstić information content (AvgIpc) is 2.96. The third-order valence-corrected chi connectivity index (χ3v) is 4.41. The van der Waals surface area contributed by atoms with Crippen molar-refractivity contribution in [2.45, 2.75) is 26.2 Å². The predicted molar refractivity (Wildman–Crippen MR) is 82.5 cm³/mol. The number of nitrogens with one attached hydrogen (secondary N) is 1. The fourth-order valence-corrected chi connectivity index (χ4v) is 2.93. The minimum atomic E-state index is -0.210. The molecule has 1 aliphatic rings. The van der Waals surface area contributed by atoms with Crippen molar-refractivity contribution in [1.29, 1.82) is 0 Å². The molecular formula is C17H22FN3. The van der Waals surface area contributed by atoms with Crippen LogP contribution in [-0.2, 0) is 6.42 Å². The first-order chi connectivity index (χ1) is 10.2. The van der Waals surface area contributed by atoms with Crippen LogP contribution in [0.1, 0.15) is 25.3 Å². The van der Waals surface area contributed by atoms with Crippen LogP contribution in [0.3, 0.4) is 0 Å². The van der Waals surface area contributed by atoms with Gasteiger partial charge in [-0.15, -0.1) is 0 Å². The zero-order valence-electron chi connectivity index (χ0n) is 12.5. The number of aromatic nitrogens is 2. The molecule has 2 heterocycles. The van der Waals surface area contributed by atoms with Crippen LogP contribution in [-0.4, -0.2) is 34.7 Å². The molecule has 112 valence electrons. The van der Waals surface area contributed by atoms with E-state index < -0.39 is 0 Å². The molecule has 0 radical (unpaired) electrons. The Morgan fingerprint density at radius 3 is 2.67 bits per heavy atom. The molecule has 0 atom stereocenters. The van der Waals surface area contributed by atoms with E-state index in [0.717, 1.165) is 30.1 Å². The van der Waals surface area contributed by atoms with E-state index in [1.165, 1.54) is 43.6 Å². The van der Waals surface area contributed by atoms with Crippen molar-refractivity contribution in [2.24, 2.45) is 5.92 Å². The molecule has 1 fully saturated rings. The number of rotatable bonds is 4. The van der Waals surface area contributed by atoms with Crippen molar-refractivity contribution in [2.75, 3.05) is 19.6 Å². The third kappa shape index (κ3) is 3.50. The van der Waals surface area contributed by atoms with Crippen molar-refractivity contribution in [3.8, 4) is 11.3 Å². The summed E-state index contributed by atoms with van der Waals surface area (Å²) in [5.41, 5.74) is 3.13. The smallest absolute Gasteiger partial charge is 0.123 e. The number of aromatic amines is 1. The van der Waals surface area contributed by atoms with Gasteiger partial charge in [-0.3, -0.25) is 5.10 Å². The zero-order chi connectivity index (χ0) is 14.7. The highest BCUT2D eigenvalue weighted by Crippen LogP contribution is 2.23. The lowest BCUT2D eigenvalue weighted by Crippen LogP contribution is -2.34. The largest absolute Gasteiger partial charge is 0.303 e. The van der Waals surface area contributed by atoms with Crippen molar-refractivity contribution in [3.63, 3.8) is 0 Å². The summed E-state index contributed by atoms with van der Waals surface area (Å²) in [5, 5.41) is 7.27. The quantitative estimate of drug-likeness (QED) is 0.933. The Bertz CT molecular complexity index is 568. The van der Waals surface area contributed by atoms with Gasteiger partial charge in [0.15, 0.2) is 0 Å². The van der Waals surface area contributed by atoms with Crippen LogP contribution in [0.15, 0.2) is 30.5 Å². The lowest BCUT2D eigenvalue weighted by atomic mass is 9.98. The van der Waals surface area contributed by atoms with Gasteiger partial charge in [0.25, 0.3) is 0 Å². The molecule has 4 heteroatoms. The molecule has 1 N–H and O–H groups in total. The lowest BCUT2D eigenvalue weighted by molar-refractivity contribution is 0.194. The Balaban J connectivity index is 1.64. The van der Waals surface area contributed by atoms with Gasteiger partial charge in [-0.25, -0.2) is 4.39 Å². The maximum Gasteiger partial charge on any atom is 0.123 e. The maximum atomic E-state index is 13.0. The minimum Gasteiger partial charge on any atom is -0.303 e. The Kier molecular flexibility index (Phi) is 4.34. The Labute approximate surface area is 125 Å². The number of H-pyrrole nitrogens is 1. The van der Waals surface area contributed by atoms with E-state index in [1.54, 1.807) is 12.1 Å². The highest BCUT2D eigenvalue weighted by Gasteiger charge is 2.16. The number of halogens is 1. The summed E-state index contributed by atoms with van der Waals surface area (Å²) in [5.74, 6) is 0.656. The van der Waals surface area contributed by atoms with Gasteiger partial charge in [0, 0.05) is 18.3 Å². The molecule has 0 spiro atoms. The molecule has 0 bridgehead atoms. The molecule has 0 amide bonds. The first-order valence-electron chi connectivity index (χ1n) is 7.73. The molecule has 1 aromatic heterocycles. The molecule has 3 nitrogen and oxygen atoms in total. The van der Waals surface area contributed by atoms with Crippen LogP contribution in [0.25, 0.3) is 11.3 Å². The van der Waals surface area contributed by atoms with Crippen molar-refractivity contribution in [1.82, 2.24) is 15.1 Å². The van der Waals surface area contributed by atoms with Crippen LogP contribution < -0.4 is 0 Å². The zero-order valence-corrected chi connectivity index (χ0v) is 12.5. The van der Waals surface area contributed by atoms with E-state index in [0.29, 0.717) is 0 Å². The second-order valence-electron chi connectivity index (χ2n) is 6.04. The minimum absolute atomic E-state index is 0.210. The van der Waals surface area contributed by atoms with E-state index in [4.69, 9.17) is 0 Å². The van der Waals surface area contributed by atoms with Crippen molar-refractivity contribution in [3.05, 3.63) is 41.8 Å². The van der Waals surface area contributed by atoms with Gasteiger partial charge in [-0.1, -0.05) is 6.92 Å². The molecule has 1 saturated heterocycles. The maximum absolute atomic E-state index is 13.0. The molecule has 3 rings (SSSR count). The average molecular weight is 287 g/mol. The Hall–Kier alpha value is -1.68. The summed E-state index contributed by atoms with van der Waals surface area (Å²) in [6.07, 6.45) is 5.55. The van der Waals surface area contributed by atoms with Gasteiger partial charge in [-0.2, -0.15) is 5.10 Å². The molecule has 21 heavy (non-hydrogen) atoms. The van der Waals surface area contributed by atoms with Crippen LogP contribution in [0, 0.1) is 11.7 Å². The number of likely N-dealkylation sites (tertiary alicyclic amines) is 1. The Morgan fingerprint density at radius 2 is 1.95 bits per heavy atom. The summed E-state index contributed by atoms with van der Waals surface area (Å²) in [6.45, 7) is 5.80. The third-order valence-electron chi connectivity index (χ3n) is 4.41. The van der Waals surface area contributed by atoms with E-state index in [-0.39, 0.29) is 5.82 Å². The van der Waals surface area contributed by atoms with Crippen LogP contribution in [0.2, 0.25) is 0 Å². The predicted octanol–water partition coefficient (Wildman–Crippen LogP) is 3.49. The van der Waals surface area contributed by atoms with Crippen LogP contribution in [0.5, 0.6) is 0 Å². The molecule has 2 aromatic rings. The molecule has 1 aromatic carbocycles. The summed E-state index contributed by atoms with van der Waals surface area (Å²) >= 11 is 0. The monoisotopic (exact) mass is 287 g/mol. The highest BCUT2D eigenvalue weighted by molar-refractivity contribution is 5.62. The van der Waals surface area contributed by atoms with E-state index in [1.807, 2.05) is 6.20 Å². The molecular weight excluding hydrogens is 265 g/mol. The summed E-state index contributed by atoms with van der Waals surface area (Å²) < 4.78 is 13.0. The SMILES string of the molecule is CC1CCN(CCc2c[nH]nc2-c2ccc(F)cc2)CC1. The molecule has 1 aliphatic heterocycles. The fourth-order valence-electron chi connectivity index (χ4n) is 2.93. The molecule has 0 saturated carbocycles. The topological polar surface area (TPSA) is 31.9 Å². The van der Waals surface area contributed by atoms with Gasteiger partial charge < -0.3 is 4.90 Å². The van der Waals surface area contributed by atoms with E-state index in [9.17, 15) is 4.39 Å². The summed E-state index contributed by atoms with van der Waals surface area (Å²) in [4.78, 5) is 2.53. The molecule has 0 unspecified atom stereocenters. The number of hydrogen-bond donors (Lipinski definition) is 1. The fraction of sp³-hybridized carbons (Fsp3) is 0.471. The number of hydrogen-bond acceptors (Lipinski definition) is 2. The summed E-state index contributed by atoms with van der Waals surface area (Å²) in [6, 6.07) is 6.55. The normalized spacial score (nSPS) is 17.2. The Morgan fingerprint density at radius 1 is 1.24 bits per heavy atom. The van der Waals surface area contributed by atoms with Gasteiger partial charge >= 0.3 is 0 Å². The van der Waals surface area contributed by atoms with Gasteiger partial charge in [0.05, 0.1) is 5.69 Å². The summed E-state index contributed by atoms with van der Waals surface area (Å²) in [7, 11) is 0. The van der Waals surface area contributed by atoms with Crippen molar-refractivity contribution < 1.29 is 4.39 Å². The van der Waals surface area contributed by atoms with E-state index in [2.05, 4.69) is 22.0 Å². The second-order valence-corrected chi connectivity index (χ2v) is 6.04. The number of nitrogens with zero attached hydrogens (tertiary/aromatic N) is 2. The van der Waals surface area contributed by atoms with E-state index >= 15 is 0 Å². The lowest BCUT2D eigenvalue weighted by Gasteiger charge is -2.30. The van der Waals surface area contributed by atoms with Crippen LogP contribution >= 0.6 is 0 Å². The van der Waals surface area contributed by atoms with Crippen molar-refractivity contribution >= 4 is 0 Å². The highest BCUT2D eigenvalue weighted by atomic mass is 19.1.